The smallest absolute Gasteiger partial charge is 0.273 e. The molecule has 1 heterocycles. The van der Waals surface area contributed by atoms with Crippen LogP contribution in [0.15, 0.2) is 6.33 Å². The second-order valence-electron chi connectivity index (χ2n) is 4.51. The zero-order valence-corrected chi connectivity index (χ0v) is 13.3. The third-order valence-electron chi connectivity index (χ3n) is 2.61. The van der Waals surface area contributed by atoms with E-state index in [9.17, 15) is 24.0 Å². The number of hydrogen-bond acceptors (Lipinski definition) is 7. The van der Waals surface area contributed by atoms with E-state index in [-0.39, 0.29) is 5.95 Å². The van der Waals surface area contributed by atoms with Crippen molar-refractivity contribution in [1.29, 1.82) is 0 Å². The summed E-state index contributed by atoms with van der Waals surface area (Å²) < 4.78 is 0.880. The molecule has 0 bridgehead atoms. The SMILES string of the molecule is CC(=O)N(C(C)=O)N(C(C)=O)c1nncn1N(C(C)=O)C(C)=O. The number of rotatable bonds is 2. The Morgan fingerprint density at radius 2 is 1.30 bits per heavy atom. The van der Waals surface area contributed by atoms with Crippen LogP contribution in [0, 0.1) is 0 Å². The molecule has 0 saturated carbocycles. The minimum Gasteiger partial charge on any atom is -0.273 e. The maximum atomic E-state index is 11.9. The molecule has 5 amide bonds. The maximum absolute atomic E-state index is 11.9. The van der Waals surface area contributed by atoms with Gasteiger partial charge in [-0.1, -0.05) is 0 Å². The highest BCUT2D eigenvalue weighted by molar-refractivity contribution is 6.07. The Labute approximate surface area is 131 Å². The predicted molar refractivity (Wildman–Crippen MR) is 76.0 cm³/mol. The van der Waals surface area contributed by atoms with Gasteiger partial charge in [0.1, 0.15) is 6.33 Å². The molecule has 0 atom stereocenters. The van der Waals surface area contributed by atoms with Crippen molar-refractivity contribution in [2.24, 2.45) is 0 Å². The first-order valence-electron chi connectivity index (χ1n) is 6.43. The molecule has 23 heavy (non-hydrogen) atoms. The van der Waals surface area contributed by atoms with Crippen LogP contribution in [0.3, 0.4) is 0 Å². The van der Waals surface area contributed by atoms with E-state index in [1.54, 1.807) is 0 Å². The van der Waals surface area contributed by atoms with E-state index in [1.807, 2.05) is 0 Å². The Kier molecular flexibility index (Phi) is 5.28. The van der Waals surface area contributed by atoms with Crippen molar-refractivity contribution in [3.8, 4) is 0 Å². The highest BCUT2D eigenvalue weighted by atomic mass is 16.2. The molecule has 1 aromatic heterocycles. The number of anilines is 1. The summed E-state index contributed by atoms with van der Waals surface area (Å²) in [4.78, 5) is 58.6. The Balaban J connectivity index is 3.53. The Bertz CT molecular complexity index is 653. The fourth-order valence-electron chi connectivity index (χ4n) is 1.90. The first-order valence-corrected chi connectivity index (χ1v) is 6.43. The number of carbonyl (C=O) groups excluding carboxylic acids is 5. The van der Waals surface area contributed by atoms with Gasteiger partial charge in [-0.2, -0.15) is 19.7 Å². The lowest BCUT2D eigenvalue weighted by atomic mass is 10.5. The van der Waals surface area contributed by atoms with E-state index in [1.165, 1.54) is 0 Å². The van der Waals surface area contributed by atoms with Crippen LogP contribution in [0.2, 0.25) is 0 Å². The monoisotopic (exact) mass is 324 g/mol. The van der Waals surface area contributed by atoms with Crippen LogP contribution < -0.4 is 10.0 Å². The van der Waals surface area contributed by atoms with Gasteiger partial charge in [0, 0.05) is 34.6 Å². The van der Waals surface area contributed by atoms with Gasteiger partial charge in [-0.15, -0.1) is 10.2 Å². The van der Waals surface area contributed by atoms with Gasteiger partial charge in [0.2, 0.25) is 29.5 Å². The third kappa shape index (κ3) is 3.56. The topological polar surface area (TPSA) is 126 Å². The largest absolute Gasteiger partial charge is 0.273 e. The molecule has 0 fully saturated rings. The van der Waals surface area contributed by atoms with Gasteiger partial charge >= 0.3 is 0 Å². The van der Waals surface area contributed by atoms with Crippen LogP contribution in [0.1, 0.15) is 34.6 Å². The minimum atomic E-state index is -0.751. The standard InChI is InChI=1S/C12H16N6O5/c1-7(19)16(8(2)20)15-6-13-14-12(15)18(11(5)23)17(9(3)21)10(4)22/h6H,1-5H3. The lowest BCUT2D eigenvalue weighted by molar-refractivity contribution is -0.146. The maximum Gasteiger partial charge on any atom is 0.273 e. The van der Waals surface area contributed by atoms with Crippen LogP contribution in [0.25, 0.3) is 0 Å². The number of carbonyl (C=O) groups is 5. The van der Waals surface area contributed by atoms with Crippen molar-refractivity contribution in [2.75, 3.05) is 10.0 Å². The number of amides is 5. The number of hydrazine groups is 1. The molecular formula is C12H16N6O5. The van der Waals surface area contributed by atoms with Gasteiger partial charge < -0.3 is 0 Å². The summed E-state index contributed by atoms with van der Waals surface area (Å²) in [5.74, 6) is -3.93. The lowest BCUT2D eigenvalue weighted by Gasteiger charge is -2.30. The van der Waals surface area contributed by atoms with Crippen LogP contribution in [-0.4, -0.2) is 49.4 Å². The van der Waals surface area contributed by atoms with E-state index in [4.69, 9.17) is 0 Å². The molecular weight excluding hydrogens is 308 g/mol. The molecule has 0 aliphatic heterocycles. The summed E-state index contributed by atoms with van der Waals surface area (Å²) in [6.07, 6.45) is 1.01. The summed E-state index contributed by atoms with van der Waals surface area (Å²) in [6, 6.07) is 0. The second-order valence-corrected chi connectivity index (χ2v) is 4.51. The van der Waals surface area contributed by atoms with E-state index in [0.29, 0.717) is 15.0 Å². The Morgan fingerprint density at radius 1 is 0.826 bits per heavy atom. The zero-order valence-electron chi connectivity index (χ0n) is 13.3. The fraction of sp³-hybridized carbons (Fsp3) is 0.417. The van der Waals surface area contributed by atoms with Crippen LogP contribution in [0.4, 0.5) is 5.95 Å². The number of imide groups is 2. The molecule has 124 valence electrons. The molecule has 1 rings (SSSR count). The second kappa shape index (κ2) is 6.77. The number of aromatic nitrogens is 3. The van der Waals surface area contributed by atoms with Gasteiger partial charge in [-0.25, -0.2) is 0 Å². The summed E-state index contributed by atoms with van der Waals surface area (Å²) >= 11 is 0. The molecule has 0 aromatic carbocycles. The molecule has 0 N–H and O–H groups in total. The predicted octanol–water partition coefficient (Wildman–Crippen LogP) is -1.03. The molecule has 11 heteroatoms. The highest BCUT2D eigenvalue weighted by Crippen LogP contribution is 2.15. The molecule has 0 unspecified atom stereocenters. The fourth-order valence-corrected chi connectivity index (χ4v) is 1.90. The average Bonchev–Trinajstić information content (AvgIpc) is 2.81. The highest BCUT2D eigenvalue weighted by Gasteiger charge is 2.33. The Morgan fingerprint density at radius 3 is 1.65 bits per heavy atom. The molecule has 0 radical (unpaired) electrons. The average molecular weight is 324 g/mol. The number of hydrogen-bond donors (Lipinski definition) is 0. The van der Waals surface area contributed by atoms with Gasteiger partial charge in [0.25, 0.3) is 5.95 Å². The lowest BCUT2D eigenvalue weighted by Crippen LogP contribution is -2.54. The van der Waals surface area contributed by atoms with E-state index in [2.05, 4.69) is 10.2 Å². The van der Waals surface area contributed by atoms with Gasteiger partial charge in [0.05, 0.1) is 0 Å². The zero-order chi connectivity index (χ0) is 17.9. The van der Waals surface area contributed by atoms with Gasteiger partial charge in [-0.3, -0.25) is 24.0 Å². The Hall–Kier alpha value is -3.11. The van der Waals surface area contributed by atoms with E-state index < -0.39 is 29.5 Å². The summed E-state index contributed by atoms with van der Waals surface area (Å²) in [5.41, 5.74) is 0. The van der Waals surface area contributed by atoms with Gasteiger partial charge in [-0.05, 0) is 0 Å². The minimum absolute atomic E-state index is 0.353. The third-order valence-corrected chi connectivity index (χ3v) is 2.61. The van der Waals surface area contributed by atoms with Crippen LogP contribution >= 0.6 is 0 Å². The van der Waals surface area contributed by atoms with Crippen molar-refractivity contribution in [3.05, 3.63) is 6.33 Å². The van der Waals surface area contributed by atoms with Crippen LogP contribution in [-0.2, 0) is 24.0 Å². The molecule has 11 nitrogen and oxygen atoms in total. The van der Waals surface area contributed by atoms with Crippen molar-refractivity contribution >= 4 is 35.5 Å². The summed E-state index contributed by atoms with van der Waals surface area (Å²) in [7, 11) is 0. The normalized spacial score (nSPS) is 9.96. The van der Waals surface area contributed by atoms with Crippen molar-refractivity contribution < 1.29 is 24.0 Å². The molecule has 0 aliphatic carbocycles. The van der Waals surface area contributed by atoms with Gasteiger partial charge in [0.15, 0.2) is 0 Å². The van der Waals surface area contributed by atoms with Crippen molar-refractivity contribution in [3.63, 3.8) is 0 Å². The summed E-state index contributed by atoms with van der Waals surface area (Å²) in [6.45, 7) is 5.48. The van der Waals surface area contributed by atoms with E-state index in [0.717, 1.165) is 45.6 Å². The van der Waals surface area contributed by atoms with Crippen LogP contribution in [0.5, 0.6) is 0 Å². The van der Waals surface area contributed by atoms with E-state index >= 15 is 0 Å². The molecule has 0 spiro atoms. The quantitative estimate of drug-likeness (QED) is 0.637. The first kappa shape index (κ1) is 17.9. The van der Waals surface area contributed by atoms with Crippen molar-refractivity contribution in [2.45, 2.75) is 34.6 Å². The first-order chi connectivity index (χ1) is 10.6. The molecule has 0 saturated heterocycles. The molecule has 0 aliphatic rings. The van der Waals surface area contributed by atoms with Crippen molar-refractivity contribution in [1.82, 2.24) is 19.9 Å². The number of nitrogens with zero attached hydrogens (tertiary/aromatic N) is 6. The summed E-state index contributed by atoms with van der Waals surface area (Å²) in [5, 5.41) is 8.99. The molecule has 1 aromatic rings.